The smallest absolute Gasteiger partial charge is 0.297 e. The van der Waals surface area contributed by atoms with Gasteiger partial charge in [-0.2, -0.15) is 10.2 Å². The Hall–Kier alpha value is -3.07. The van der Waals surface area contributed by atoms with Gasteiger partial charge >= 0.3 is 0 Å². The zero-order valence-corrected chi connectivity index (χ0v) is 13.6. The predicted molar refractivity (Wildman–Crippen MR) is 90.6 cm³/mol. The highest BCUT2D eigenvalue weighted by Gasteiger charge is 2.27. The standard InChI is InChI=1S/C19H16N4O2/c20-8-12-1-6-18-17(7-12)22-19-23(18)10-15(25-19)11-24-14-4-5-16(21-9-14)13-2-3-13/h1,4-7,9,13,15H,2-3,10-11H2/t15-/m0/s1. The zero-order valence-electron chi connectivity index (χ0n) is 13.6. The van der Waals surface area contributed by atoms with Crippen LogP contribution in [0.2, 0.25) is 0 Å². The van der Waals surface area contributed by atoms with Crippen LogP contribution in [0.1, 0.15) is 30.0 Å². The van der Waals surface area contributed by atoms with Crippen LogP contribution in [0, 0.1) is 11.3 Å². The third-order valence-electron chi connectivity index (χ3n) is 4.69. The maximum atomic E-state index is 8.98. The minimum Gasteiger partial charge on any atom is -0.488 e. The van der Waals surface area contributed by atoms with Crippen molar-refractivity contribution in [1.29, 1.82) is 5.26 Å². The summed E-state index contributed by atoms with van der Waals surface area (Å²) in [4.78, 5) is 8.93. The van der Waals surface area contributed by atoms with Gasteiger partial charge in [-0.05, 0) is 43.2 Å². The first-order valence-electron chi connectivity index (χ1n) is 8.46. The zero-order chi connectivity index (χ0) is 16.8. The van der Waals surface area contributed by atoms with Crippen LogP contribution < -0.4 is 9.47 Å². The lowest BCUT2D eigenvalue weighted by atomic mass is 10.2. The molecule has 0 N–H and O–H groups in total. The average molecular weight is 332 g/mol. The van der Waals surface area contributed by atoms with Crippen molar-refractivity contribution in [3.05, 3.63) is 47.8 Å². The van der Waals surface area contributed by atoms with Gasteiger partial charge in [0.1, 0.15) is 12.4 Å². The Morgan fingerprint density at radius 3 is 2.96 bits per heavy atom. The molecule has 0 spiro atoms. The number of nitriles is 1. The summed E-state index contributed by atoms with van der Waals surface area (Å²) in [5.74, 6) is 1.42. The number of pyridine rings is 1. The summed E-state index contributed by atoms with van der Waals surface area (Å²) in [6.07, 6.45) is 4.21. The highest BCUT2D eigenvalue weighted by Crippen LogP contribution is 2.39. The summed E-state index contributed by atoms with van der Waals surface area (Å²) in [7, 11) is 0. The Labute approximate surface area is 144 Å². The molecular formula is C19H16N4O2. The number of hydrogen-bond acceptors (Lipinski definition) is 5. The molecule has 0 radical (unpaired) electrons. The molecule has 1 saturated carbocycles. The van der Waals surface area contributed by atoms with Crippen LogP contribution in [-0.2, 0) is 6.54 Å². The van der Waals surface area contributed by atoms with Gasteiger partial charge in [-0.25, -0.2) is 0 Å². The van der Waals surface area contributed by atoms with Gasteiger partial charge in [0, 0.05) is 11.6 Å². The molecule has 0 saturated heterocycles. The second-order valence-electron chi connectivity index (χ2n) is 6.56. The first-order chi connectivity index (χ1) is 12.3. The van der Waals surface area contributed by atoms with Gasteiger partial charge in [0.05, 0.1) is 35.4 Å². The van der Waals surface area contributed by atoms with Crippen molar-refractivity contribution in [2.45, 2.75) is 31.4 Å². The van der Waals surface area contributed by atoms with E-state index in [9.17, 15) is 0 Å². The van der Waals surface area contributed by atoms with E-state index in [1.165, 1.54) is 12.8 Å². The average Bonchev–Trinajstić information content (AvgIpc) is 3.34. The van der Waals surface area contributed by atoms with Crippen LogP contribution in [0.15, 0.2) is 36.5 Å². The minimum atomic E-state index is -0.0781. The Bertz CT molecular complexity index is 983. The van der Waals surface area contributed by atoms with E-state index in [4.69, 9.17) is 14.7 Å². The molecule has 1 atom stereocenters. The number of rotatable bonds is 4. The molecule has 6 nitrogen and oxygen atoms in total. The Morgan fingerprint density at radius 2 is 2.20 bits per heavy atom. The first kappa shape index (κ1) is 14.3. The van der Waals surface area contributed by atoms with Gasteiger partial charge in [0.15, 0.2) is 6.10 Å². The third kappa shape index (κ3) is 2.58. The molecule has 1 aromatic carbocycles. The molecule has 3 heterocycles. The Balaban J connectivity index is 1.26. The molecule has 0 amide bonds. The van der Waals surface area contributed by atoms with Gasteiger partial charge < -0.3 is 9.47 Å². The second-order valence-corrected chi connectivity index (χ2v) is 6.56. The molecule has 25 heavy (non-hydrogen) atoms. The topological polar surface area (TPSA) is 73.0 Å². The van der Waals surface area contributed by atoms with E-state index in [1.807, 2.05) is 22.8 Å². The molecule has 3 aromatic rings. The fourth-order valence-corrected chi connectivity index (χ4v) is 3.21. The van der Waals surface area contributed by atoms with Gasteiger partial charge in [0.25, 0.3) is 6.01 Å². The summed E-state index contributed by atoms with van der Waals surface area (Å²) >= 11 is 0. The molecule has 1 aliphatic heterocycles. The van der Waals surface area contributed by atoms with Crippen molar-refractivity contribution >= 4 is 11.0 Å². The van der Waals surface area contributed by atoms with E-state index in [2.05, 4.69) is 16.0 Å². The highest BCUT2D eigenvalue weighted by molar-refractivity contribution is 5.78. The number of hydrogen-bond donors (Lipinski definition) is 0. The van der Waals surface area contributed by atoms with Crippen LogP contribution in [0.4, 0.5) is 0 Å². The van der Waals surface area contributed by atoms with Crippen molar-refractivity contribution in [3.63, 3.8) is 0 Å². The van der Waals surface area contributed by atoms with E-state index in [1.54, 1.807) is 18.3 Å². The number of ether oxygens (including phenoxy) is 2. The molecular weight excluding hydrogens is 316 g/mol. The molecule has 6 heteroatoms. The molecule has 0 bridgehead atoms. The van der Waals surface area contributed by atoms with E-state index < -0.39 is 0 Å². The molecule has 2 aliphatic rings. The summed E-state index contributed by atoms with van der Waals surface area (Å²) in [5.41, 5.74) is 3.53. The number of aromatic nitrogens is 3. The fourth-order valence-electron chi connectivity index (χ4n) is 3.21. The van der Waals surface area contributed by atoms with Gasteiger partial charge in [-0.1, -0.05) is 0 Å². The Kier molecular flexibility index (Phi) is 3.14. The SMILES string of the molecule is N#Cc1ccc2c(c1)nc1n2C[C@@H](COc2ccc(C3CC3)nc2)O1. The van der Waals surface area contributed by atoms with Crippen LogP contribution in [0.25, 0.3) is 11.0 Å². The monoisotopic (exact) mass is 332 g/mol. The number of benzene rings is 1. The summed E-state index contributed by atoms with van der Waals surface area (Å²) in [5, 5.41) is 8.98. The largest absolute Gasteiger partial charge is 0.488 e. The van der Waals surface area contributed by atoms with Crippen molar-refractivity contribution in [1.82, 2.24) is 14.5 Å². The maximum absolute atomic E-state index is 8.98. The fraction of sp³-hybridized carbons (Fsp3) is 0.316. The second kappa shape index (κ2) is 5.49. The normalized spacial score (nSPS) is 18.6. The highest BCUT2D eigenvalue weighted by atomic mass is 16.6. The minimum absolute atomic E-state index is 0.0781. The van der Waals surface area contributed by atoms with Crippen LogP contribution in [-0.4, -0.2) is 27.2 Å². The van der Waals surface area contributed by atoms with E-state index in [0.717, 1.165) is 22.5 Å². The lowest BCUT2D eigenvalue weighted by Gasteiger charge is -2.11. The first-order valence-corrected chi connectivity index (χ1v) is 8.46. The number of nitrogens with zero attached hydrogens (tertiary/aromatic N) is 4. The summed E-state index contributed by atoms with van der Waals surface area (Å²) < 4.78 is 13.7. The van der Waals surface area contributed by atoms with Gasteiger partial charge in [0.2, 0.25) is 0 Å². The van der Waals surface area contributed by atoms with Gasteiger partial charge in [-0.15, -0.1) is 0 Å². The van der Waals surface area contributed by atoms with Crippen molar-refractivity contribution in [2.24, 2.45) is 0 Å². The lowest BCUT2D eigenvalue weighted by Crippen LogP contribution is -2.23. The number of fused-ring (bicyclic) bond motifs is 3. The van der Waals surface area contributed by atoms with E-state index in [0.29, 0.717) is 30.6 Å². The van der Waals surface area contributed by atoms with Crippen molar-refractivity contribution < 1.29 is 9.47 Å². The van der Waals surface area contributed by atoms with E-state index in [-0.39, 0.29) is 6.10 Å². The lowest BCUT2D eigenvalue weighted by molar-refractivity contribution is 0.143. The molecule has 0 unspecified atom stereocenters. The van der Waals surface area contributed by atoms with Crippen LogP contribution in [0.5, 0.6) is 11.8 Å². The molecule has 2 aromatic heterocycles. The Morgan fingerprint density at radius 1 is 1.28 bits per heavy atom. The molecule has 124 valence electrons. The molecule has 1 fully saturated rings. The number of imidazole rings is 1. The van der Waals surface area contributed by atoms with Crippen LogP contribution in [0.3, 0.4) is 0 Å². The van der Waals surface area contributed by atoms with E-state index >= 15 is 0 Å². The third-order valence-corrected chi connectivity index (χ3v) is 4.69. The molecule has 5 rings (SSSR count). The summed E-state index contributed by atoms with van der Waals surface area (Å²) in [6, 6.07) is 12.2. The van der Waals surface area contributed by atoms with Crippen molar-refractivity contribution in [2.75, 3.05) is 6.61 Å². The van der Waals surface area contributed by atoms with Crippen LogP contribution >= 0.6 is 0 Å². The predicted octanol–water partition coefficient (Wildman–Crippen LogP) is 3.02. The van der Waals surface area contributed by atoms with Crippen molar-refractivity contribution in [3.8, 4) is 17.8 Å². The quantitative estimate of drug-likeness (QED) is 0.734. The molecule has 1 aliphatic carbocycles. The summed E-state index contributed by atoms with van der Waals surface area (Å²) in [6.45, 7) is 1.14. The maximum Gasteiger partial charge on any atom is 0.297 e. The van der Waals surface area contributed by atoms with Gasteiger partial charge in [-0.3, -0.25) is 9.55 Å².